The van der Waals surface area contributed by atoms with E-state index in [0.717, 1.165) is 28.1 Å². The number of hydrogen-bond acceptors (Lipinski definition) is 4. The van der Waals surface area contributed by atoms with E-state index in [0.29, 0.717) is 26.7 Å². The van der Waals surface area contributed by atoms with Gasteiger partial charge in [0.25, 0.3) is 5.91 Å². The summed E-state index contributed by atoms with van der Waals surface area (Å²) in [5.74, 6) is 0.564. The average molecular weight is 469 g/mol. The van der Waals surface area contributed by atoms with Gasteiger partial charge in [0.1, 0.15) is 12.4 Å². The van der Waals surface area contributed by atoms with Crippen molar-refractivity contribution >= 4 is 57.8 Å². The Balaban J connectivity index is 1.40. The third kappa shape index (κ3) is 5.70. The molecule has 1 aliphatic heterocycles. The number of hydrogen-bond donors (Lipinski definition) is 1. The molecular formula is C24H18Cl2N2O2S. The minimum absolute atomic E-state index is 0.157. The van der Waals surface area contributed by atoms with E-state index in [1.807, 2.05) is 67.6 Å². The van der Waals surface area contributed by atoms with Crippen LogP contribution in [0, 0.1) is 6.92 Å². The van der Waals surface area contributed by atoms with Crippen LogP contribution in [0.15, 0.2) is 76.6 Å². The smallest absolute Gasteiger partial charge is 0.264 e. The number of halogens is 2. The van der Waals surface area contributed by atoms with Crippen molar-refractivity contribution in [3.8, 4) is 5.75 Å². The van der Waals surface area contributed by atoms with Gasteiger partial charge in [-0.3, -0.25) is 4.79 Å². The highest BCUT2D eigenvalue weighted by Gasteiger charge is 2.23. The van der Waals surface area contributed by atoms with Crippen molar-refractivity contribution in [1.82, 2.24) is 5.32 Å². The lowest BCUT2D eigenvalue weighted by atomic mass is 10.2. The number of carbonyl (C=O) groups is 1. The molecule has 1 fully saturated rings. The van der Waals surface area contributed by atoms with Crippen LogP contribution >= 0.6 is 35.0 Å². The number of amidine groups is 1. The van der Waals surface area contributed by atoms with E-state index in [1.54, 1.807) is 12.1 Å². The Morgan fingerprint density at radius 1 is 1.00 bits per heavy atom. The van der Waals surface area contributed by atoms with E-state index in [4.69, 9.17) is 27.9 Å². The molecule has 7 heteroatoms. The van der Waals surface area contributed by atoms with Crippen LogP contribution in [0.4, 0.5) is 5.69 Å². The number of carbonyl (C=O) groups excluding carboxylic acids is 1. The number of aryl methyl sites for hydroxylation is 1. The molecule has 0 atom stereocenters. The van der Waals surface area contributed by atoms with Crippen LogP contribution in [0.5, 0.6) is 5.75 Å². The maximum absolute atomic E-state index is 12.3. The molecule has 0 radical (unpaired) electrons. The Labute approximate surface area is 194 Å². The SMILES string of the molecule is Cc1ccc(N=C2NC(=O)/C(=C/c3ccc(OCc4ccc(Cl)c(Cl)c4)cc3)S2)cc1. The van der Waals surface area contributed by atoms with E-state index in [1.165, 1.54) is 11.8 Å². The standard InChI is InChI=1S/C24H18Cl2N2O2S/c1-15-2-7-18(8-3-15)27-24-28-23(29)22(31-24)13-16-4-9-19(10-5-16)30-14-17-6-11-20(25)21(26)12-17/h2-13H,14H2,1H3,(H,27,28,29)/b22-13-. The first-order chi connectivity index (χ1) is 15.0. The fourth-order valence-corrected chi connectivity index (χ4v) is 3.99. The molecule has 3 aromatic carbocycles. The summed E-state index contributed by atoms with van der Waals surface area (Å²) in [7, 11) is 0. The summed E-state index contributed by atoms with van der Waals surface area (Å²) in [5, 5.41) is 4.40. The summed E-state index contributed by atoms with van der Waals surface area (Å²) in [5.41, 5.74) is 3.80. The van der Waals surface area contributed by atoms with Crippen LogP contribution < -0.4 is 10.1 Å². The third-order valence-electron chi connectivity index (χ3n) is 4.48. The van der Waals surface area contributed by atoms with Crippen molar-refractivity contribution < 1.29 is 9.53 Å². The lowest BCUT2D eigenvalue weighted by Crippen LogP contribution is -2.19. The molecule has 3 aromatic rings. The van der Waals surface area contributed by atoms with Crippen LogP contribution in [0.25, 0.3) is 6.08 Å². The van der Waals surface area contributed by atoms with E-state index >= 15 is 0 Å². The number of thioether (sulfide) groups is 1. The molecule has 31 heavy (non-hydrogen) atoms. The van der Waals surface area contributed by atoms with Crippen molar-refractivity contribution in [2.45, 2.75) is 13.5 Å². The first-order valence-electron chi connectivity index (χ1n) is 9.49. The van der Waals surface area contributed by atoms with Crippen molar-refractivity contribution in [1.29, 1.82) is 0 Å². The second-order valence-corrected chi connectivity index (χ2v) is 8.77. The molecule has 1 saturated heterocycles. The summed E-state index contributed by atoms with van der Waals surface area (Å²) >= 11 is 13.3. The van der Waals surface area contributed by atoms with E-state index < -0.39 is 0 Å². The summed E-state index contributed by atoms with van der Waals surface area (Å²) in [6.45, 7) is 2.40. The largest absolute Gasteiger partial charge is 0.489 e. The zero-order chi connectivity index (χ0) is 21.8. The second kappa shape index (κ2) is 9.60. The Morgan fingerprint density at radius 3 is 2.45 bits per heavy atom. The van der Waals surface area contributed by atoms with E-state index in [9.17, 15) is 4.79 Å². The highest BCUT2D eigenvalue weighted by molar-refractivity contribution is 8.18. The van der Waals surface area contributed by atoms with Gasteiger partial charge < -0.3 is 10.1 Å². The predicted molar refractivity (Wildman–Crippen MR) is 129 cm³/mol. The fraction of sp³-hybridized carbons (Fsp3) is 0.0833. The first-order valence-corrected chi connectivity index (χ1v) is 11.1. The molecule has 4 nitrogen and oxygen atoms in total. The van der Waals surface area contributed by atoms with Gasteiger partial charge in [0.05, 0.1) is 20.6 Å². The van der Waals surface area contributed by atoms with Gasteiger partial charge in [-0.15, -0.1) is 0 Å². The molecule has 0 saturated carbocycles. The first kappa shape index (κ1) is 21.5. The van der Waals surface area contributed by atoms with Gasteiger partial charge in [0.2, 0.25) is 0 Å². The fourth-order valence-electron chi connectivity index (χ4n) is 2.82. The number of ether oxygens (including phenoxy) is 1. The van der Waals surface area contributed by atoms with Crippen LogP contribution in [0.3, 0.4) is 0 Å². The summed E-state index contributed by atoms with van der Waals surface area (Å²) in [6, 6.07) is 20.8. The number of nitrogens with zero attached hydrogens (tertiary/aromatic N) is 1. The maximum Gasteiger partial charge on any atom is 0.264 e. The van der Waals surface area contributed by atoms with Crippen molar-refractivity contribution in [3.63, 3.8) is 0 Å². The number of rotatable bonds is 5. The van der Waals surface area contributed by atoms with Crippen LogP contribution in [0.1, 0.15) is 16.7 Å². The van der Waals surface area contributed by atoms with Crippen molar-refractivity contribution in [2.75, 3.05) is 0 Å². The molecule has 0 spiro atoms. The number of aliphatic imine (C=N–C) groups is 1. The summed E-state index contributed by atoms with van der Waals surface area (Å²) in [6.07, 6.45) is 1.83. The van der Waals surface area contributed by atoms with Gasteiger partial charge in [-0.2, -0.15) is 0 Å². The average Bonchev–Trinajstić information content (AvgIpc) is 3.10. The second-order valence-electron chi connectivity index (χ2n) is 6.92. The Morgan fingerprint density at radius 2 is 1.74 bits per heavy atom. The zero-order valence-corrected chi connectivity index (χ0v) is 18.9. The molecular weight excluding hydrogens is 451 g/mol. The van der Waals surface area contributed by atoms with Gasteiger partial charge in [0.15, 0.2) is 5.17 Å². The third-order valence-corrected chi connectivity index (χ3v) is 6.13. The van der Waals surface area contributed by atoms with Crippen molar-refractivity contribution in [3.05, 3.63) is 98.4 Å². The molecule has 1 heterocycles. The highest BCUT2D eigenvalue weighted by atomic mass is 35.5. The van der Waals surface area contributed by atoms with Crippen LogP contribution in [0.2, 0.25) is 10.0 Å². The number of benzene rings is 3. The molecule has 0 aromatic heterocycles. The number of amides is 1. The Bertz CT molecular complexity index is 1170. The van der Waals surface area contributed by atoms with E-state index in [2.05, 4.69) is 10.3 Å². The molecule has 1 aliphatic rings. The number of nitrogens with one attached hydrogen (secondary N) is 1. The molecule has 1 N–H and O–H groups in total. The molecule has 0 unspecified atom stereocenters. The Hall–Kier alpha value is -2.73. The molecule has 0 bridgehead atoms. The molecule has 1 amide bonds. The Kier molecular flexibility index (Phi) is 6.66. The molecule has 156 valence electrons. The molecule has 4 rings (SSSR count). The van der Waals surface area contributed by atoms with Crippen molar-refractivity contribution in [2.24, 2.45) is 4.99 Å². The van der Waals surface area contributed by atoms with E-state index in [-0.39, 0.29) is 5.91 Å². The quantitative estimate of drug-likeness (QED) is 0.420. The maximum atomic E-state index is 12.3. The summed E-state index contributed by atoms with van der Waals surface area (Å²) in [4.78, 5) is 17.4. The van der Waals surface area contributed by atoms with Gasteiger partial charge in [-0.25, -0.2) is 4.99 Å². The minimum Gasteiger partial charge on any atom is -0.489 e. The topological polar surface area (TPSA) is 50.7 Å². The van der Waals surface area contributed by atoms with Gasteiger partial charge in [-0.1, -0.05) is 59.1 Å². The van der Waals surface area contributed by atoms with Gasteiger partial charge >= 0.3 is 0 Å². The highest BCUT2D eigenvalue weighted by Crippen LogP contribution is 2.29. The van der Waals surface area contributed by atoms with Gasteiger partial charge in [-0.05, 0) is 72.3 Å². The van der Waals surface area contributed by atoms with Gasteiger partial charge in [0, 0.05) is 0 Å². The zero-order valence-electron chi connectivity index (χ0n) is 16.6. The predicted octanol–water partition coefficient (Wildman–Crippen LogP) is 6.77. The lowest BCUT2D eigenvalue weighted by molar-refractivity contribution is -0.115. The monoisotopic (exact) mass is 468 g/mol. The van der Waals surface area contributed by atoms with Crippen LogP contribution in [-0.4, -0.2) is 11.1 Å². The normalized spacial score (nSPS) is 16.0. The minimum atomic E-state index is -0.157. The van der Waals surface area contributed by atoms with Crippen LogP contribution in [-0.2, 0) is 11.4 Å². The lowest BCUT2D eigenvalue weighted by Gasteiger charge is -2.07. The summed E-state index contributed by atoms with van der Waals surface area (Å²) < 4.78 is 5.80. The molecule has 0 aliphatic carbocycles.